The molecule has 1 aromatic heterocycles. The summed E-state index contributed by atoms with van der Waals surface area (Å²) in [5.74, 6) is -0.247. The summed E-state index contributed by atoms with van der Waals surface area (Å²) in [5, 5.41) is 15.3. The molecule has 3 aromatic carbocycles. The molecule has 6 nitrogen and oxygen atoms in total. The van der Waals surface area contributed by atoms with Crippen LogP contribution in [0.15, 0.2) is 60.7 Å². The van der Waals surface area contributed by atoms with E-state index in [9.17, 15) is 4.79 Å². The Kier molecular flexibility index (Phi) is 6.28. The minimum absolute atomic E-state index is 0.231. The maximum absolute atomic E-state index is 12.5. The lowest BCUT2D eigenvalue weighted by Crippen LogP contribution is -2.34. The van der Waals surface area contributed by atoms with E-state index in [1.54, 1.807) is 10.9 Å². The van der Waals surface area contributed by atoms with E-state index in [4.69, 9.17) is 12.2 Å². The Morgan fingerprint density at radius 2 is 1.74 bits per heavy atom. The van der Waals surface area contributed by atoms with Gasteiger partial charge in [0.25, 0.3) is 5.91 Å². The van der Waals surface area contributed by atoms with Gasteiger partial charge in [0, 0.05) is 9.26 Å². The van der Waals surface area contributed by atoms with E-state index < -0.39 is 0 Å². The molecule has 0 unspecified atom stereocenters. The topological polar surface area (TPSA) is 71.8 Å². The predicted octanol–water partition coefficient (Wildman–Crippen LogP) is 5.02. The average molecular weight is 541 g/mol. The zero-order chi connectivity index (χ0) is 22.0. The van der Waals surface area contributed by atoms with E-state index in [-0.39, 0.29) is 11.0 Å². The van der Waals surface area contributed by atoms with Gasteiger partial charge in [-0.3, -0.25) is 10.1 Å². The first-order valence-corrected chi connectivity index (χ1v) is 11.3. The molecule has 0 spiro atoms. The number of amides is 1. The number of carbonyl (C=O) groups excluding carboxylic acids is 1. The quantitative estimate of drug-likeness (QED) is 0.281. The highest BCUT2D eigenvalue weighted by Gasteiger charge is 2.13. The Morgan fingerprint density at radius 3 is 2.42 bits per heavy atom. The van der Waals surface area contributed by atoms with Crippen molar-refractivity contribution in [2.75, 3.05) is 5.32 Å². The predicted molar refractivity (Wildman–Crippen MR) is 136 cm³/mol. The number of rotatable bonds is 4. The number of anilines is 1. The minimum atomic E-state index is -0.247. The molecule has 2 N–H and O–H groups in total. The molecule has 156 valence electrons. The maximum Gasteiger partial charge on any atom is 0.258 e. The zero-order valence-electron chi connectivity index (χ0n) is 17.0. The van der Waals surface area contributed by atoms with Crippen LogP contribution in [0.1, 0.15) is 28.4 Å². The third-order valence-corrected chi connectivity index (χ3v) is 6.04. The number of hydrogen-bond acceptors (Lipinski definition) is 4. The van der Waals surface area contributed by atoms with Crippen LogP contribution in [0.25, 0.3) is 16.7 Å². The molecule has 0 bridgehead atoms. The van der Waals surface area contributed by atoms with Crippen molar-refractivity contribution in [3.63, 3.8) is 0 Å². The number of aromatic nitrogens is 3. The molecule has 0 fully saturated rings. The van der Waals surface area contributed by atoms with Crippen LogP contribution in [0.3, 0.4) is 0 Å². The number of nitrogens with one attached hydrogen (secondary N) is 2. The zero-order valence-corrected chi connectivity index (χ0v) is 20.0. The largest absolute Gasteiger partial charge is 0.332 e. The molecule has 0 radical (unpaired) electrons. The van der Waals surface area contributed by atoms with Gasteiger partial charge < -0.3 is 5.32 Å². The van der Waals surface area contributed by atoms with Gasteiger partial charge in [-0.1, -0.05) is 31.2 Å². The van der Waals surface area contributed by atoms with E-state index in [1.807, 2.05) is 49.4 Å². The monoisotopic (exact) mass is 541 g/mol. The second-order valence-corrected chi connectivity index (χ2v) is 8.62. The summed E-state index contributed by atoms with van der Waals surface area (Å²) in [4.78, 5) is 14.1. The fraction of sp³-hybridized carbons (Fsp3) is 0.130. The highest BCUT2D eigenvalue weighted by molar-refractivity contribution is 14.1. The lowest BCUT2D eigenvalue weighted by atomic mass is 10.2. The molecule has 8 heteroatoms. The number of benzene rings is 3. The molecule has 4 rings (SSSR count). The summed E-state index contributed by atoms with van der Waals surface area (Å²) >= 11 is 7.49. The number of fused-ring (bicyclic) bond motifs is 1. The lowest BCUT2D eigenvalue weighted by molar-refractivity contribution is 0.0977. The van der Waals surface area contributed by atoms with Crippen LogP contribution in [0.5, 0.6) is 0 Å². The summed E-state index contributed by atoms with van der Waals surface area (Å²) < 4.78 is 0.863. The Balaban J connectivity index is 1.53. The summed E-state index contributed by atoms with van der Waals surface area (Å²) in [6, 6.07) is 19.4. The number of thiocarbonyl (C=S) groups is 1. The van der Waals surface area contributed by atoms with Gasteiger partial charge in [0.1, 0.15) is 11.0 Å². The molecule has 1 amide bonds. The van der Waals surface area contributed by atoms with Crippen LogP contribution in [-0.4, -0.2) is 26.0 Å². The van der Waals surface area contributed by atoms with Gasteiger partial charge in [-0.05, 0) is 95.7 Å². The van der Waals surface area contributed by atoms with Crippen LogP contribution in [0, 0.1) is 10.5 Å². The van der Waals surface area contributed by atoms with Crippen molar-refractivity contribution >= 4 is 62.5 Å². The minimum Gasteiger partial charge on any atom is -0.332 e. The Labute approximate surface area is 199 Å². The van der Waals surface area contributed by atoms with Crippen LogP contribution < -0.4 is 10.6 Å². The molecule has 0 saturated carbocycles. The van der Waals surface area contributed by atoms with Crippen LogP contribution >= 0.6 is 34.8 Å². The standard InChI is InChI=1S/C23H20IN5OS/c1-3-15-8-10-16(11-9-15)29-27-20-12-14(2)19(13-21(20)28-29)25-23(31)26-22(30)17-6-4-5-7-18(17)24/h4-13H,3H2,1-2H3,(H2,25,26,30,31). The molecule has 1 heterocycles. The van der Waals surface area contributed by atoms with Crippen molar-refractivity contribution < 1.29 is 4.79 Å². The summed E-state index contributed by atoms with van der Waals surface area (Å²) in [6.45, 7) is 4.08. The van der Waals surface area contributed by atoms with Crippen LogP contribution in [0.2, 0.25) is 0 Å². The molecular formula is C23H20IN5OS. The van der Waals surface area contributed by atoms with Crippen molar-refractivity contribution in [1.82, 2.24) is 20.3 Å². The van der Waals surface area contributed by atoms with Crippen molar-refractivity contribution in [1.29, 1.82) is 0 Å². The van der Waals surface area contributed by atoms with Gasteiger partial charge in [0.15, 0.2) is 5.11 Å². The van der Waals surface area contributed by atoms with Crippen molar-refractivity contribution in [2.45, 2.75) is 20.3 Å². The molecule has 0 atom stereocenters. The van der Waals surface area contributed by atoms with Gasteiger partial charge in [0.05, 0.1) is 11.3 Å². The molecule has 0 aliphatic carbocycles. The van der Waals surface area contributed by atoms with Gasteiger partial charge in [-0.15, -0.1) is 10.2 Å². The summed E-state index contributed by atoms with van der Waals surface area (Å²) in [5.41, 5.74) is 6.00. The van der Waals surface area contributed by atoms with Gasteiger partial charge in [0.2, 0.25) is 0 Å². The van der Waals surface area contributed by atoms with Crippen molar-refractivity contribution in [3.8, 4) is 5.69 Å². The van der Waals surface area contributed by atoms with E-state index in [1.165, 1.54) is 5.56 Å². The molecule has 31 heavy (non-hydrogen) atoms. The van der Waals surface area contributed by atoms with Crippen LogP contribution in [-0.2, 0) is 6.42 Å². The number of aryl methyl sites for hydroxylation is 2. The third-order valence-electron chi connectivity index (χ3n) is 4.90. The highest BCUT2D eigenvalue weighted by Crippen LogP contribution is 2.22. The van der Waals surface area contributed by atoms with Gasteiger partial charge in [-0.25, -0.2) is 0 Å². The van der Waals surface area contributed by atoms with Gasteiger partial charge in [-0.2, -0.15) is 4.80 Å². The fourth-order valence-corrected chi connectivity index (χ4v) is 3.99. The Morgan fingerprint density at radius 1 is 1.06 bits per heavy atom. The SMILES string of the molecule is CCc1ccc(-n2nc3cc(C)c(NC(=S)NC(=O)c4ccccc4I)cc3n2)cc1. The van der Waals surface area contributed by atoms with E-state index in [0.717, 1.165) is 38.0 Å². The van der Waals surface area contributed by atoms with E-state index >= 15 is 0 Å². The second kappa shape index (κ2) is 9.11. The summed E-state index contributed by atoms with van der Waals surface area (Å²) in [7, 11) is 0. The molecule has 0 aliphatic heterocycles. The smallest absolute Gasteiger partial charge is 0.258 e. The Bertz CT molecular complexity index is 1280. The fourth-order valence-electron chi connectivity index (χ4n) is 3.15. The van der Waals surface area contributed by atoms with E-state index in [2.05, 4.69) is 62.5 Å². The maximum atomic E-state index is 12.5. The first-order chi connectivity index (χ1) is 14.9. The van der Waals surface area contributed by atoms with E-state index in [0.29, 0.717) is 5.56 Å². The number of nitrogens with zero attached hydrogens (tertiary/aromatic N) is 3. The third kappa shape index (κ3) is 4.75. The van der Waals surface area contributed by atoms with Crippen LogP contribution in [0.4, 0.5) is 5.69 Å². The molecule has 0 saturated heterocycles. The number of hydrogen-bond donors (Lipinski definition) is 2. The second-order valence-electron chi connectivity index (χ2n) is 7.05. The first-order valence-electron chi connectivity index (χ1n) is 9.78. The average Bonchev–Trinajstić information content (AvgIpc) is 3.17. The summed E-state index contributed by atoms with van der Waals surface area (Å²) in [6.07, 6.45) is 0.989. The molecule has 0 aliphatic rings. The Hall–Kier alpha value is -2.85. The van der Waals surface area contributed by atoms with Crippen molar-refractivity contribution in [3.05, 3.63) is 80.9 Å². The molecular weight excluding hydrogens is 521 g/mol. The van der Waals surface area contributed by atoms with Gasteiger partial charge >= 0.3 is 0 Å². The van der Waals surface area contributed by atoms with Crippen molar-refractivity contribution in [2.24, 2.45) is 0 Å². The number of halogens is 1. The number of carbonyl (C=O) groups is 1. The molecule has 4 aromatic rings. The first kappa shape index (κ1) is 21.4. The highest BCUT2D eigenvalue weighted by atomic mass is 127. The normalized spacial score (nSPS) is 10.8. The lowest BCUT2D eigenvalue weighted by Gasteiger charge is -2.12.